The average Bonchev–Trinajstić information content (AvgIpc) is 2.66. The number of ketones is 1. The van der Waals surface area contributed by atoms with Gasteiger partial charge in [0.15, 0.2) is 12.4 Å². The second-order valence-corrected chi connectivity index (χ2v) is 3.12. The first-order valence-corrected chi connectivity index (χ1v) is 4.31. The number of allylic oxidation sites excluding steroid dienone is 4. The van der Waals surface area contributed by atoms with Gasteiger partial charge in [0.2, 0.25) is 0 Å². The van der Waals surface area contributed by atoms with E-state index in [1.54, 1.807) is 31.2 Å². The molecule has 14 heavy (non-hydrogen) atoms. The molecule has 0 bridgehead atoms. The van der Waals surface area contributed by atoms with Crippen LogP contribution >= 0.6 is 0 Å². The number of esters is 1. The first kappa shape index (κ1) is 10.4. The number of carbonyl (C=O) groups excluding carboxylic acids is 2. The van der Waals surface area contributed by atoms with E-state index >= 15 is 0 Å². The van der Waals surface area contributed by atoms with E-state index in [2.05, 4.69) is 6.58 Å². The SMILES string of the molecule is C=C(C)C(=O)OCC(=O)C1C=CC=C1. The van der Waals surface area contributed by atoms with Crippen molar-refractivity contribution in [2.75, 3.05) is 6.61 Å². The van der Waals surface area contributed by atoms with E-state index in [1.165, 1.54) is 0 Å². The third-order valence-electron chi connectivity index (χ3n) is 1.81. The number of hydrogen-bond acceptors (Lipinski definition) is 3. The summed E-state index contributed by atoms with van der Waals surface area (Å²) >= 11 is 0. The Hall–Kier alpha value is -1.64. The molecular weight excluding hydrogens is 180 g/mol. The molecule has 0 aromatic rings. The van der Waals surface area contributed by atoms with Crippen LogP contribution in [0.1, 0.15) is 6.92 Å². The summed E-state index contributed by atoms with van der Waals surface area (Å²) in [4.78, 5) is 22.3. The van der Waals surface area contributed by atoms with E-state index in [0.29, 0.717) is 5.57 Å². The van der Waals surface area contributed by atoms with Gasteiger partial charge in [0.1, 0.15) is 0 Å². The molecule has 0 atom stereocenters. The fourth-order valence-electron chi connectivity index (χ4n) is 1.00. The van der Waals surface area contributed by atoms with Crippen LogP contribution in [0, 0.1) is 5.92 Å². The molecule has 0 N–H and O–H groups in total. The molecule has 1 aliphatic carbocycles. The van der Waals surface area contributed by atoms with E-state index < -0.39 is 5.97 Å². The molecular formula is C11H12O3. The van der Waals surface area contributed by atoms with E-state index in [9.17, 15) is 9.59 Å². The number of rotatable bonds is 4. The van der Waals surface area contributed by atoms with Gasteiger partial charge in [0.05, 0.1) is 5.92 Å². The highest BCUT2D eigenvalue weighted by atomic mass is 16.5. The van der Waals surface area contributed by atoms with Crippen LogP contribution in [-0.2, 0) is 14.3 Å². The van der Waals surface area contributed by atoms with Gasteiger partial charge in [-0.15, -0.1) is 0 Å². The Labute approximate surface area is 82.8 Å². The molecule has 74 valence electrons. The maximum absolute atomic E-state index is 11.4. The van der Waals surface area contributed by atoms with Gasteiger partial charge in [0, 0.05) is 5.57 Å². The van der Waals surface area contributed by atoms with E-state index in [-0.39, 0.29) is 18.3 Å². The molecule has 0 aromatic carbocycles. The highest BCUT2D eigenvalue weighted by Gasteiger charge is 2.16. The smallest absolute Gasteiger partial charge is 0.333 e. The topological polar surface area (TPSA) is 43.4 Å². The highest BCUT2D eigenvalue weighted by Crippen LogP contribution is 2.10. The van der Waals surface area contributed by atoms with Crippen LogP contribution in [0.3, 0.4) is 0 Å². The molecule has 1 aliphatic rings. The normalized spacial score (nSPS) is 14.4. The Bertz CT molecular complexity index is 311. The minimum atomic E-state index is -0.524. The van der Waals surface area contributed by atoms with Gasteiger partial charge >= 0.3 is 5.97 Å². The summed E-state index contributed by atoms with van der Waals surface area (Å²) in [6, 6.07) is 0. The molecule has 0 heterocycles. The van der Waals surface area contributed by atoms with Crippen LogP contribution < -0.4 is 0 Å². The van der Waals surface area contributed by atoms with Gasteiger partial charge in [-0.1, -0.05) is 30.9 Å². The van der Waals surface area contributed by atoms with Crippen LogP contribution in [0.15, 0.2) is 36.5 Å². The Morgan fingerprint density at radius 2 is 1.93 bits per heavy atom. The molecule has 0 radical (unpaired) electrons. The minimum Gasteiger partial charge on any atom is -0.454 e. The summed E-state index contributed by atoms with van der Waals surface area (Å²) in [6.45, 7) is 4.77. The lowest BCUT2D eigenvalue weighted by Crippen LogP contribution is -2.19. The Kier molecular flexibility index (Phi) is 3.40. The maximum Gasteiger partial charge on any atom is 0.333 e. The molecule has 3 heteroatoms. The number of Topliss-reactive ketones (excluding diaryl/α,β-unsaturated/α-hetero) is 1. The zero-order valence-corrected chi connectivity index (χ0v) is 8.03. The van der Waals surface area contributed by atoms with Gasteiger partial charge in [-0.05, 0) is 6.92 Å². The number of carbonyl (C=O) groups is 2. The summed E-state index contributed by atoms with van der Waals surface area (Å²) < 4.78 is 4.72. The van der Waals surface area contributed by atoms with E-state index in [1.807, 2.05) is 0 Å². The van der Waals surface area contributed by atoms with Crippen molar-refractivity contribution in [3.63, 3.8) is 0 Å². The van der Waals surface area contributed by atoms with Crippen molar-refractivity contribution in [1.29, 1.82) is 0 Å². The Morgan fingerprint density at radius 3 is 2.43 bits per heavy atom. The molecule has 0 saturated carbocycles. The van der Waals surface area contributed by atoms with E-state index in [4.69, 9.17) is 4.74 Å². The number of ether oxygens (including phenoxy) is 1. The zero-order chi connectivity index (χ0) is 10.6. The lowest BCUT2D eigenvalue weighted by molar-refractivity contribution is -0.144. The zero-order valence-electron chi connectivity index (χ0n) is 8.03. The predicted octanol–water partition coefficient (Wildman–Crippen LogP) is 1.42. The molecule has 3 nitrogen and oxygen atoms in total. The van der Waals surface area contributed by atoms with Gasteiger partial charge < -0.3 is 4.74 Å². The first-order chi connectivity index (χ1) is 6.61. The fourth-order valence-corrected chi connectivity index (χ4v) is 1.00. The van der Waals surface area contributed by atoms with Crippen molar-refractivity contribution >= 4 is 11.8 Å². The summed E-state index contributed by atoms with van der Waals surface area (Å²) in [7, 11) is 0. The van der Waals surface area contributed by atoms with Gasteiger partial charge in [0.25, 0.3) is 0 Å². The first-order valence-electron chi connectivity index (χ1n) is 4.31. The van der Waals surface area contributed by atoms with Crippen molar-refractivity contribution in [1.82, 2.24) is 0 Å². The molecule has 1 rings (SSSR count). The Morgan fingerprint density at radius 1 is 1.36 bits per heavy atom. The predicted molar refractivity (Wildman–Crippen MR) is 52.6 cm³/mol. The van der Waals surface area contributed by atoms with Gasteiger partial charge in [-0.2, -0.15) is 0 Å². The quantitative estimate of drug-likeness (QED) is 0.499. The largest absolute Gasteiger partial charge is 0.454 e. The Balaban J connectivity index is 2.35. The maximum atomic E-state index is 11.4. The summed E-state index contributed by atoms with van der Waals surface area (Å²) in [5.74, 6) is -0.887. The summed E-state index contributed by atoms with van der Waals surface area (Å²) in [5, 5.41) is 0. The van der Waals surface area contributed by atoms with Gasteiger partial charge in [-0.25, -0.2) is 4.79 Å². The molecule has 0 aromatic heterocycles. The molecule has 0 saturated heterocycles. The van der Waals surface area contributed by atoms with Crippen LogP contribution in [0.5, 0.6) is 0 Å². The van der Waals surface area contributed by atoms with Crippen LogP contribution in [0.4, 0.5) is 0 Å². The third kappa shape index (κ3) is 2.69. The van der Waals surface area contributed by atoms with Crippen molar-refractivity contribution < 1.29 is 14.3 Å². The second kappa shape index (κ2) is 4.56. The molecule has 0 unspecified atom stereocenters. The molecule has 0 spiro atoms. The average molecular weight is 192 g/mol. The lowest BCUT2D eigenvalue weighted by atomic mass is 10.1. The third-order valence-corrected chi connectivity index (χ3v) is 1.81. The number of hydrogen-bond donors (Lipinski definition) is 0. The standard InChI is InChI=1S/C11H12O3/c1-8(2)11(13)14-7-10(12)9-5-3-4-6-9/h3-6,9H,1,7H2,2H3. The fraction of sp³-hybridized carbons (Fsp3) is 0.273. The van der Waals surface area contributed by atoms with Crippen LogP contribution in [0.25, 0.3) is 0 Å². The van der Waals surface area contributed by atoms with Crippen LogP contribution in [0.2, 0.25) is 0 Å². The second-order valence-electron chi connectivity index (χ2n) is 3.12. The molecule has 0 amide bonds. The van der Waals surface area contributed by atoms with Gasteiger partial charge in [-0.3, -0.25) is 4.79 Å². The van der Waals surface area contributed by atoms with Crippen molar-refractivity contribution in [3.05, 3.63) is 36.5 Å². The highest BCUT2D eigenvalue weighted by molar-refractivity contribution is 5.91. The van der Waals surface area contributed by atoms with Crippen molar-refractivity contribution in [2.24, 2.45) is 5.92 Å². The van der Waals surface area contributed by atoms with Crippen molar-refractivity contribution in [2.45, 2.75) is 6.92 Å². The van der Waals surface area contributed by atoms with Crippen LogP contribution in [-0.4, -0.2) is 18.4 Å². The monoisotopic (exact) mass is 192 g/mol. The van der Waals surface area contributed by atoms with E-state index in [0.717, 1.165) is 0 Å². The minimum absolute atomic E-state index is 0.121. The summed E-state index contributed by atoms with van der Waals surface area (Å²) in [6.07, 6.45) is 7.11. The molecule has 0 fully saturated rings. The lowest BCUT2D eigenvalue weighted by Gasteiger charge is -2.05. The summed E-state index contributed by atoms with van der Waals surface area (Å²) in [5.41, 5.74) is 0.301. The molecule has 0 aliphatic heterocycles. The van der Waals surface area contributed by atoms with Crippen molar-refractivity contribution in [3.8, 4) is 0 Å².